The molecule has 9 rings (SSSR count). The highest BCUT2D eigenvalue weighted by atomic mass is 32.1. The molecule has 4 aromatic heterocycles. The molecule has 13 heteroatoms. The molecule has 2 atom stereocenters. The second-order valence-electron chi connectivity index (χ2n) is 14.3. The van der Waals surface area contributed by atoms with Crippen LogP contribution >= 0.6 is 46.1 Å². The van der Waals surface area contributed by atoms with Crippen LogP contribution in [-0.4, -0.2) is 16.8 Å². The molecule has 1 spiro atoms. The summed E-state index contributed by atoms with van der Waals surface area (Å²) in [5, 5.41) is 2.65. The average molecular weight is 757 g/mol. The normalized spacial score (nSPS) is 20.9. The monoisotopic (exact) mass is 756 g/mol. The van der Waals surface area contributed by atoms with Crippen molar-refractivity contribution >= 4 is 86.6 Å². The fourth-order valence-corrected chi connectivity index (χ4v) is 21.0. The van der Waals surface area contributed by atoms with Crippen molar-refractivity contribution < 1.29 is 25.5 Å². The van der Waals surface area contributed by atoms with Crippen LogP contribution in [0.15, 0.2) is 12.1 Å². The summed E-state index contributed by atoms with van der Waals surface area (Å²) in [6.45, 7) is 9.08. The highest BCUT2D eigenvalue weighted by Crippen LogP contribution is 2.51. The highest BCUT2D eigenvalue weighted by molar-refractivity contribution is 7.31. The van der Waals surface area contributed by atoms with E-state index in [4.69, 9.17) is 8.75 Å². The number of halogens is 4. The van der Waals surface area contributed by atoms with Crippen LogP contribution in [0.2, 0.25) is 12.1 Å². The third-order valence-corrected chi connectivity index (χ3v) is 21.1. The molecule has 2 aromatic carbocycles. The van der Waals surface area contributed by atoms with Gasteiger partial charge in [0.1, 0.15) is 21.2 Å². The van der Waals surface area contributed by atoms with Gasteiger partial charge in [0, 0.05) is 39.4 Å². The quantitative estimate of drug-likeness (QED) is 0.0965. The van der Waals surface area contributed by atoms with Crippen LogP contribution in [0.3, 0.4) is 0 Å². The summed E-state index contributed by atoms with van der Waals surface area (Å²) in [5.74, 6) is -2.69. The van der Waals surface area contributed by atoms with E-state index in [2.05, 4.69) is 33.9 Å². The van der Waals surface area contributed by atoms with Crippen molar-refractivity contribution in [2.75, 3.05) is 0 Å². The molecule has 7 heterocycles. The summed E-state index contributed by atoms with van der Waals surface area (Å²) in [5.41, 5.74) is 3.58. The fourth-order valence-electron chi connectivity index (χ4n) is 8.93. The van der Waals surface area contributed by atoms with Crippen LogP contribution in [0.25, 0.3) is 52.7 Å². The van der Waals surface area contributed by atoms with Crippen LogP contribution in [0.4, 0.5) is 17.6 Å². The van der Waals surface area contributed by atoms with E-state index in [0.717, 1.165) is 70.1 Å². The first-order chi connectivity index (χ1) is 23.7. The maximum atomic E-state index is 16.3. The SMILES string of the molecule is CCCCC1C[n+]2snc3c(C)c(F)c(F)c(c32)-c2cc3c(s2)-c2sc4cc2[Si]3(C1)CC(CCCC)C[n+]1snc2c(C)c(F)c(F)c-4c21. The Balaban J connectivity index is 1.37. The molecular weight excluding hydrogens is 721 g/mol. The summed E-state index contributed by atoms with van der Waals surface area (Å²) in [4.78, 5) is 3.69. The van der Waals surface area contributed by atoms with Crippen LogP contribution in [-0.2, 0) is 13.1 Å². The molecule has 0 saturated heterocycles. The summed E-state index contributed by atoms with van der Waals surface area (Å²) in [7, 11) is -2.59. The van der Waals surface area contributed by atoms with E-state index < -0.39 is 31.3 Å². The maximum absolute atomic E-state index is 16.3. The van der Waals surface area contributed by atoms with Crippen molar-refractivity contribution in [3.05, 3.63) is 46.5 Å². The number of fused-ring (bicyclic) bond motifs is 5. The predicted molar refractivity (Wildman–Crippen MR) is 195 cm³/mol. The lowest BCUT2D eigenvalue weighted by molar-refractivity contribution is -0.610. The van der Waals surface area contributed by atoms with Gasteiger partial charge in [0.2, 0.25) is 22.1 Å². The van der Waals surface area contributed by atoms with Crippen LogP contribution in [0.1, 0.15) is 63.5 Å². The minimum atomic E-state index is -2.59. The first kappa shape index (κ1) is 32.3. The minimum absolute atomic E-state index is 0.252. The number of benzene rings is 2. The molecule has 0 radical (unpaired) electrons. The first-order valence-corrected chi connectivity index (χ1v) is 22.8. The third-order valence-electron chi connectivity index (χ3n) is 11.3. The van der Waals surface area contributed by atoms with E-state index in [0.29, 0.717) is 58.1 Å². The number of aromatic nitrogens is 4. The van der Waals surface area contributed by atoms with Gasteiger partial charge in [0.25, 0.3) is 23.5 Å². The van der Waals surface area contributed by atoms with Gasteiger partial charge >= 0.3 is 0 Å². The number of unbranched alkanes of at least 4 members (excludes halogenated alkanes) is 2. The molecule has 49 heavy (non-hydrogen) atoms. The Morgan fingerprint density at radius 1 is 0.694 bits per heavy atom. The number of thiophene rings is 2. The van der Waals surface area contributed by atoms with E-state index in [9.17, 15) is 0 Å². The molecule has 2 unspecified atom stereocenters. The number of nitrogens with zero attached hydrogens (tertiary/aromatic N) is 4. The van der Waals surface area contributed by atoms with Crippen molar-refractivity contribution in [2.24, 2.45) is 11.8 Å². The van der Waals surface area contributed by atoms with Gasteiger partial charge in [-0.05, 0) is 73.1 Å². The molecule has 0 N–H and O–H groups in total. The Kier molecular flexibility index (Phi) is 7.74. The molecule has 3 aliphatic rings. The first-order valence-electron chi connectivity index (χ1n) is 17.3. The van der Waals surface area contributed by atoms with Gasteiger partial charge in [-0.15, -0.1) is 22.7 Å². The van der Waals surface area contributed by atoms with Crippen LogP contribution in [0.5, 0.6) is 0 Å². The topological polar surface area (TPSA) is 33.5 Å². The van der Waals surface area contributed by atoms with Crippen LogP contribution < -0.4 is 18.3 Å². The van der Waals surface area contributed by atoms with Crippen molar-refractivity contribution in [1.82, 2.24) is 8.75 Å². The predicted octanol–water partition coefficient (Wildman–Crippen LogP) is 9.29. The van der Waals surface area contributed by atoms with Gasteiger partial charge in [-0.25, -0.2) is 17.6 Å². The smallest absolute Gasteiger partial charge is 0.203 e. The Morgan fingerprint density at radius 3 is 1.53 bits per heavy atom. The molecule has 3 aliphatic heterocycles. The molecule has 4 nitrogen and oxygen atoms in total. The lowest BCUT2D eigenvalue weighted by Gasteiger charge is -2.35. The Hall–Kier alpha value is -2.58. The van der Waals surface area contributed by atoms with Gasteiger partial charge < -0.3 is 0 Å². The zero-order valence-corrected chi connectivity index (χ0v) is 32.1. The van der Waals surface area contributed by atoms with E-state index in [1.165, 1.54) is 33.8 Å². The highest BCUT2D eigenvalue weighted by Gasteiger charge is 2.52. The van der Waals surface area contributed by atoms with E-state index in [-0.39, 0.29) is 11.1 Å². The standard InChI is InChI=1S/C36H36F4N4S4Si/c1-5-7-9-19-13-43-33-25(29(39)27(37)17(3)31(33)41-47-43)21-11-23-35(45-21)36-24-12-22(46-36)26-30(40)28(38)18(4)32-34(26)44(48-42-32)14-20(10-8-6-2)16-49(23,24)15-19/h11-12,19-20H,5-10,13-16H2,1-4H3/q+2. The van der Waals surface area contributed by atoms with Crippen molar-refractivity contribution in [3.8, 4) is 30.6 Å². The lowest BCUT2D eigenvalue weighted by Crippen LogP contribution is -2.58. The molecule has 0 saturated carbocycles. The summed E-state index contributed by atoms with van der Waals surface area (Å²) in [6.07, 6.45) is 6.36. The fraction of sp³-hybridized carbons (Fsp3) is 0.444. The van der Waals surface area contributed by atoms with Crippen molar-refractivity contribution in [3.63, 3.8) is 0 Å². The summed E-state index contributed by atoms with van der Waals surface area (Å²) < 4.78 is 77.4. The zero-order chi connectivity index (χ0) is 33.9. The van der Waals surface area contributed by atoms with Gasteiger partial charge in [-0.3, -0.25) is 0 Å². The minimum Gasteiger partial charge on any atom is -0.203 e. The van der Waals surface area contributed by atoms with E-state index in [1.807, 2.05) is 0 Å². The molecular formula is C36H36F4N4S4Si+2. The van der Waals surface area contributed by atoms with Gasteiger partial charge in [-0.2, -0.15) is 7.91 Å². The zero-order valence-electron chi connectivity index (χ0n) is 27.8. The molecule has 0 amide bonds. The number of aryl methyl sites for hydroxylation is 2. The van der Waals surface area contributed by atoms with Crippen molar-refractivity contribution in [2.45, 2.75) is 91.4 Å². The number of hydrogen-bond acceptors (Lipinski definition) is 6. The Bertz CT molecular complexity index is 2180. The maximum Gasteiger partial charge on any atom is 0.277 e. The molecule has 0 aliphatic carbocycles. The summed E-state index contributed by atoms with van der Waals surface area (Å²) in [6, 6.07) is 6.45. The van der Waals surface area contributed by atoms with Gasteiger partial charge in [-0.1, -0.05) is 39.5 Å². The Labute approximate surface area is 299 Å². The average Bonchev–Trinajstić information content (AvgIpc) is 3.91. The number of rotatable bonds is 6. The molecule has 6 aromatic rings. The Morgan fingerprint density at radius 2 is 1.12 bits per heavy atom. The molecule has 254 valence electrons. The van der Waals surface area contributed by atoms with Crippen molar-refractivity contribution in [1.29, 1.82) is 0 Å². The second-order valence-corrected chi connectivity index (χ2v) is 22.1. The lowest BCUT2D eigenvalue weighted by atomic mass is 10.0. The van der Waals surface area contributed by atoms with E-state index in [1.54, 1.807) is 36.5 Å². The third kappa shape index (κ3) is 4.53. The molecule has 4 bridgehead atoms. The largest absolute Gasteiger partial charge is 0.277 e. The summed E-state index contributed by atoms with van der Waals surface area (Å²) >= 11 is 5.72. The van der Waals surface area contributed by atoms with E-state index >= 15 is 17.6 Å². The molecule has 0 fully saturated rings. The van der Waals surface area contributed by atoms with Gasteiger partial charge in [0.05, 0.1) is 11.1 Å². The number of hydrogen-bond donors (Lipinski definition) is 0. The van der Waals surface area contributed by atoms with Gasteiger partial charge in [0.15, 0.2) is 23.3 Å². The van der Waals surface area contributed by atoms with Crippen LogP contribution in [0, 0.1) is 49.0 Å². The second kappa shape index (κ2) is 11.7.